The molecule has 0 bridgehead atoms. The van der Waals surface area contributed by atoms with Crippen molar-refractivity contribution in [1.29, 1.82) is 0 Å². The summed E-state index contributed by atoms with van der Waals surface area (Å²) in [6.07, 6.45) is 0.698. The first-order valence-electron chi connectivity index (χ1n) is 7.77. The fourth-order valence-corrected chi connectivity index (χ4v) is 2.60. The molecule has 1 aromatic heterocycles. The highest BCUT2D eigenvalue weighted by atomic mass is 16.5. The van der Waals surface area contributed by atoms with Crippen molar-refractivity contribution in [1.82, 2.24) is 10.6 Å². The van der Waals surface area contributed by atoms with Crippen LogP contribution in [0.3, 0.4) is 0 Å². The minimum Gasteiger partial charge on any atom is -0.459 e. The number of fused-ring (bicyclic) bond motifs is 1. The van der Waals surface area contributed by atoms with Crippen LogP contribution in [0.15, 0.2) is 34.7 Å². The Morgan fingerprint density at radius 2 is 2.21 bits per heavy atom. The van der Waals surface area contributed by atoms with Crippen molar-refractivity contribution in [2.45, 2.75) is 31.8 Å². The minimum absolute atomic E-state index is 0.181. The Balaban J connectivity index is 1.50. The second-order valence-corrected chi connectivity index (χ2v) is 5.74. The number of carbonyl (C=O) groups excluding carboxylic acids is 3. The van der Waals surface area contributed by atoms with Gasteiger partial charge >= 0.3 is 5.97 Å². The summed E-state index contributed by atoms with van der Waals surface area (Å²) in [7, 11) is 0. The van der Waals surface area contributed by atoms with Gasteiger partial charge in [0.15, 0.2) is 6.61 Å². The number of nitrogens with one attached hydrogen (secondary N) is 2. The van der Waals surface area contributed by atoms with Gasteiger partial charge in [-0.2, -0.15) is 0 Å². The summed E-state index contributed by atoms with van der Waals surface area (Å²) in [4.78, 5) is 34.7. The summed E-state index contributed by atoms with van der Waals surface area (Å²) in [5, 5.41) is 6.17. The molecule has 0 spiro atoms. The van der Waals surface area contributed by atoms with E-state index in [-0.39, 0.29) is 11.9 Å². The molecular weight excluding hydrogens is 312 g/mol. The maximum atomic E-state index is 11.9. The standard InChI is InChI=1S/C17H18N2O5/c1-10(14-8-11-4-2-3-5-13(11)24-14)18-16(21)9-23-17(22)12-6-7-15(20)19-12/h2-5,8,10,12H,6-7,9H2,1H3,(H,18,21)(H,19,20)/t10-,12+/m0/s1. The van der Waals surface area contributed by atoms with Crippen LogP contribution in [0.25, 0.3) is 11.0 Å². The lowest BCUT2D eigenvalue weighted by Crippen LogP contribution is -2.37. The van der Waals surface area contributed by atoms with E-state index < -0.39 is 24.5 Å². The average molecular weight is 330 g/mol. The Kier molecular flexibility index (Phi) is 4.50. The predicted molar refractivity (Wildman–Crippen MR) is 84.9 cm³/mol. The summed E-state index contributed by atoms with van der Waals surface area (Å²) in [6, 6.07) is 8.42. The summed E-state index contributed by atoms with van der Waals surface area (Å²) >= 11 is 0. The third kappa shape index (κ3) is 3.56. The normalized spacial score (nSPS) is 18.2. The first kappa shape index (κ1) is 16.0. The van der Waals surface area contributed by atoms with Gasteiger partial charge in [0.25, 0.3) is 5.91 Å². The van der Waals surface area contributed by atoms with Gasteiger partial charge in [-0.15, -0.1) is 0 Å². The summed E-state index contributed by atoms with van der Waals surface area (Å²) < 4.78 is 10.6. The van der Waals surface area contributed by atoms with Crippen LogP contribution in [0.5, 0.6) is 0 Å². The smallest absolute Gasteiger partial charge is 0.329 e. The Labute approximate surface area is 138 Å². The fourth-order valence-electron chi connectivity index (χ4n) is 2.60. The van der Waals surface area contributed by atoms with E-state index in [4.69, 9.17) is 9.15 Å². The first-order valence-corrected chi connectivity index (χ1v) is 7.77. The molecule has 1 fully saturated rings. The molecule has 1 saturated heterocycles. The number of rotatable bonds is 5. The minimum atomic E-state index is -0.655. The number of hydrogen-bond donors (Lipinski definition) is 2. The highest BCUT2D eigenvalue weighted by molar-refractivity contribution is 5.89. The van der Waals surface area contributed by atoms with Gasteiger partial charge in [0.1, 0.15) is 17.4 Å². The summed E-state index contributed by atoms with van der Waals surface area (Å²) in [6.45, 7) is 1.39. The first-order chi connectivity index (χ1) is 11.5. The fraction of sp³-hybridized carbons (Fsp3) is 0.353. The van der Waals surface area contributed by atoms with Gasteiger partial charge in [-0.3, -0.25) is 9.59 Å². The van der Waals surface area contributed by atoms with Crippen LogP contribution in [0.4, 0.5) is 0 Å². The molecule has 1 aliphatic rings. The maximum Gasteiger partial charge on any atom is 0.329 e. The molecule has 24 heavy (non-hydrogen) atoms. The molecule has 0 aliphatic carbocycles. The van der Waals surface area contributed by atoms with E-state index >= 15 is 0 Å². The quantitative estimate of drug-likeness (QED) is 0.808. The highest BCUT2D eigenvalue weighted by Crippen LogP contribution is 2.23. The van der Waals surface area contributed by atoms with Crippen LogP contribution in [0.1, 0.15) is 31.6 Å². The zero-order valence-electron chi connectivity index (χ0n) is 13.2. The number of amides is 2. The van der Waals surface area contributed by atoms with E-state index in [1.165, 1.54) is 0 Å². The number of ether oxygens (including phenoxy) is 1. The largest absolute Gasteiger partial charge is 0.459 e. The zero-order valence-corrected chi connectivity index (χ0v) is 13.2. The molecule has 7 nitrogen and oxygen atoms in total. The number of esters is 1. The van der Waals surface area contributed by atoms with E-state index in [1.807, 2.05) is 30.3 Å². The summed E-state index contributed by atoms with van der Waals surface area (Å²) in [5.41, 5.74) is 0.747. The van der Waals surface area contributed by atoms with Gasteiger partial charge in [0, 0.05) is 11.8 Å². The number of furan rings is 1. The van der Waals surface area contributed by atoms with Crippen LogP contribution in [-0.4, -0.2) is 30.4 Å². The van der Waals surface area contributed by atoms with Gasteiger partial charge in [0.2, 0.25) is 5.91 Å². The van der Waals surface area contributed by atoms with E-state index in [2.05, 4.69) is 10.6 Å². The molecule has 2 N–H and O–H groups in total. The van der Waals surface area contributed by atoms with Crippen molar-refractivity contribution in [3.63, 3.8) is 0 Å². The van der Waals surface area contributed by atoms with Crippen molar-refractivity contribution in [2.75, 3.05) is 6.61 Å². The Morgan fingerprint density at radius 1 is 1.42 bits per heavy atom. The lowest BCUT2D eigenvalue weighted by molar-refractivity contribution is -0.150. The van der Waals surface area contributed by atoms with Crippen LogP contribution >= 0.6 is 0 Å². The van der Waals surface area contributed by atoms with Crippen LogP contribution in [0, 0.1) is 0 Å². The van der Waals surface area contributed by atoms with E-state index in [0.29, 0.717) is 18.6 Å². The van der Waals surface area contributed by atoms with E-state index in [9.17, 15) is 14.4 Å². The van der Waals surface area contributed by atoms with Crippen molar-refractivity contribution in [3.05, 3.63) is 36.1 Å². The van der Waals surface area contributed by atoms with Gasteiger partial charge in [-0.1, -0.05) is 18.2 Å². The van der Waals surface area contributed by atoms with Crippen molar-refractivity contribution in [2.24, 2.45) is 0 Å². The molecule has 2 amide bonds. The molecule has 0 unspecified atom stereocenters. The third-order valence-electron chi connectivity index (χ3n) is 3.87. The van der Waals surface area contributed by atoms with Crippen LogP contribution < -0.4 is 10.6 Å². The lowest BCUT2D eigenvalue weighted by Gasteiger charge is -2.13. The number of carbonyl (C=O) groups is 3. The molecule has 3 rings (SSSR count). The van der Waals surface area contributed by atoms with Crippen molar-refractivity contribution in [3.8, 4) is 0 Å². The second-order valence-electron chi connectivity index (χ2n) is 5.74. The van der Waals surface area contributed by atoms with Gasteiger partial charge in [-0.05, 0) is 25.5 Å². The molecule has 7 heteroatoms. The third-order valence-corrected chi connectivity index (χ3v) is 3.87. The van der Waals surface area contributed by atoms with Crippen LogP contribution in [-0.2, 0) is 19.1 Å². The molecular formula is C17H18N2O5. The molecule has 2 atom stereocenters. The molecule has 126 valence electrons. The zero-order chi connectivity index (χ0) is 17.1. The average Bonchev–Trinajstić information content (AvgIpc) is 3.18. The molecule has 0 radical (unpaired) electrons. The summed E-state index contributed by atoms with van der Waals surface area (Å²) in [5.74, 6) is -0.577. The molecule has 2 aromatic rings. The van der Waals surface area contributed by atoms with Crippen LogP contribution in [0.2, 0.25) is 0 Å². The van der Waals surface area contributed by atoms with Gasteiger partial charge < -0.3 is 19.8 Å². The monoisotopic (exact) mass is 330 g/mol. The molecule has 0 saturated carbocycles. The number of para-hydroxylation sites is 1. The molecule has 2 heterocycles. The predicted octanol–water partition coefficient (Wildman–Crippen LogP) is 1.43. The molecule has 1 aliphatic heterocycles. The Hall–Kier alpha value is -2.83. The Morgan fingerprint density at radius 3 is 2.92 bits per heavy atom. The van der Waals surface area contributed by atoms with E-state index in [0.717, 1.165) is 11.0 Å². The van der Waals surface area contributed by atoms with E-state index in [1.54, 1.807) is 6.92 Å². The lowest BCUT2D eigenvalue weighted by atomic mass is 10.2. The SMILES string of the molecule is C[C@H](NC(=O)COC(=O)[C@H]1CCC(=O)N1)c1cc2ccccc2o1. The van der Waals surface area contributed by atoms with Gasteiger partial charge in [-0.25, -0.2) is 4.79 Å². The number of benzene rings is 1. The van der Waals surface area contributed by atoms with Gasteiger partial charge in [0.05, 0.1) is 6.04 Å². The highest BCUT2D eigenvalue weighted by Gasteiger charge is 2.29. The van der Waals surface area contributed by atoms with Crippen molar-refractivity contribution < 1.29 is 23.5 Å². The number of hydrogen-bond acceptors (Lipinski definition) is 5. The topological polar surface area (TPSA) is 97.6 Å². The molecule has 1 aromatic carbocycles. The van der Waals surface area contributed by atoms with Crippen molar-refractivity contribution >= 4 is 28.8 Å². The second kappa shape index (κ2) is 6.74. The maximum absolute atomic E-state index is 11.9. The Bertz CT molecular complexity index is 749.